The number of carbonyl (C=O) groups is 1. The number of carbonyl (C=O) groups excluding carboxylic acids is 1. The Morgan fingerprint density at radius 3 is 2.59 bits per heavy atom. The monoisotopic (exact) mass is 245 g/mol. The minimum absolute atomic E-state index is 0.121. The second-order valence-corrected chi connectivity index (χ2v) is 3.82. The summed E-state index contributed by atoms with van der Waals surface area (Å²) in [5.41, 5.74) is 5.86. The number of nitrogens with zero attached hydrogens (tertiary/aromatic N) is 2. The lowest BCUT2D eigenvalue weighted by molar-refractivity contribution is -0.114. The van der Waals surface area contributed by atoms with Crippen molar-refractivity contribution in [3.63, 3.8) is 0 Å². The molecule has 5 heteroatoms. The molecule has 1 aromatic carbocycles. The molecule has 0 spiro atoms. The van der Waals surface area contributed by atoms with Crippen molar-refractivity contribution in [2.45, 2.75) is 0 Å². The Hall–Kier alpha value is -2.06. The van der Waals surface area contributed by atoms with Gasteiger partial charge in [0.1, 0.15) is 16.7 Å². The van der Waals surface area contributed by atoms with Crippen molar-refractivity contribution in [1.82, 2.24) is 0 Å². The second kappa shape index (κ2) is 6.51. The topological polar surface area (TPSA) is 79.2 Å². The van der Waals surface area contributed by atoms with E-state index >= 15 is 0 Å². The maximum Gasteiger partial charge on any atom is 0.262 e. The van der Waals surface area contributed by atoms with Gasteiger partial charge in [-0.05, 0) is 11.8 Å². The fourth-order valence-corrected chi connectivity index (χ4v) is 1.61. The lowest BCUT2D eigenvalue weighted by atomic mass is 10.2. The van der Waals surface area contributed by atoms with Gasteiger partial charge in [0.15, 0.2) is 0 Å². The van der Waals surface area contributed by atoms with Gasteiger partial charge in [-0.25, -0.2) is 4.99 Å². The molecule has 0 aliphatic heterocycles. The zero-order chi connectivity index (χ0) is 12.7. The van der Waals surface area contributed by atoms with Crippen molar-refractivity contribution >= 4 is 23.9 Å². The van der Waals surface area contributed by atoms with Crippen LogP contribution in [0.25, 0.3) is 0 Å². The summed E-state index contributed by atoms with van der Waals surface area (Å²) >= 11 is 1.21. The minimum Gasteiger partial charge on any atom is -0.365 e. The number of primary amides is 1. The van der Waals surface area contributed by atoms with Crippen molar-refractivity contribution in [2.24, 2.45) is 10.7 Å². The third kappa shape index (κ3) is 3.78. The van der Waals surface area contributed by atoms with Gasteiger partial charge in [0.2, 0.25) is 0 Å². The summed E-state index contributed by atoms with van der Waals surface area (Å²) in [6.07, 6.45) is 3.32. The molecule has 0 aromatic heterocycles. The molecule has 4 nitrogen and oxygen atoms in total. The van der Waals surface area contributed by atoms with Crippen LogP contribution in [-0.2, 0) is 4.79 Å². The van der Waals surface area contributed by atoms with Gasteiger partial charge in [0, 0.05) is 6.21 Å². The summed E-state index contributed by atoms with van der Waals surface area (Å²) in [6, 6.07) is 11.2. The maximum absolute atomic E-state index is 11.0. The van der Waals surface area contributed by atoms with Crippen LogP contribution in [0.1, 0.15) is 5.56 Å². The van der Waals surface area contributed by atoms with E-state index in [2.05, 4.69) is 4.99 Å². The van der Waals surface area contributed by atoms with Gasteiger partial charge in [0.05, 0.1) is 0 Å². The molecule has 1 rings (SSSR count). The first-order valence-electron chi connectivity index (χ1n) is 4.76. The Morgan fingerprint density at radius 1 is 1.47 bits per heavy atom. The molecule has 0 saturated heterocycles. The zero-order valence-corrected chi connectivity index (χ0v) is 10.1. The van der Waals surface area contributed by atoms with E-state index in [1.165, 1.54) is 11.8 Å². The van der Waals surface area contributed by atoms with Gasteiger partial charge < -0.3 is 5.73 Å². The molecule has 0 fully saturated rings. The molecule has 1 aromatic rings. The molecule has 0 saturated carbocycles. The average molecular weight is 245 g/mol. The standard InChI is InChI=1S/C12H11N3OS/c1-17-12(10(7-13)11(14)16)15-8-9-5-3-2-4-6-9/h2-6,8H,1H3,(H2,14,16)/b12-10+,15-8+. The fourth-order valence-electron chi connectivity index (χ4n) is 1.10. The number of aliphatic imine (C=N–C) groups is 1. The normalized spacial score (nSPS) is 12.0. The first-order chi connectivity index (χ1) is 8.19. The molecular weight excluding hydrogens is 234 g/mol. The second-order valence-electron chi connectivity index (χ2n) is 3.03. The molecule has 0 bridgehead atoms. The van der Waals surface area contributed by atoms with E-state index in [4.69, 9.17) is 11.0 Å². The summed E-state index contributed by atoms with van der Waals surface area (Å²) in [5, 5.41) is 9.12. The van der Waals surface area contributed by atoms with Crippen molar-refractivity contribution in [3.8, 4) is 6.07 Å². The van der Waals surface area contributed by atoms with Crippen molar-refractivity contribution in [3.05, 3.63) is 46.5 Å². The Bertz CT molecular complexity index is 500. The molecule has 17 heavy (non-hydrogen) atoms. The van der Waals surface area contributed by atoms with Gasteiger partial charge in [-0.15, -0.1) is 11.8 Å². The summed E-state index contributed by atoms with van der Waals surface area (Å²) in [4.78, 5) is 15.1. The zero-order valence-electron chi connectivity index (χ0n) is 9.25. The molecule has 0 heterocycles. The third-order valence-electron chi connectivity index (χ3n) is 1.90. The molecule has 0 atom stereocenters. The van der Waals surface area contributed by atoms with Crippen LogP contribution in [0.5, 0.6) is 0 Å². The maximum atomic E-state index is 11.0. The molecule has 86 valence electrons. The number of rotatable bonds is 4. The summed E-state index contributed by atoms with van der Waals surface area (Å²) < 4.78 is 0. The average Bonchev–Trinajstić information content (AvgIpc) is 2.35. The molecule has 0 aliphatic carbocycles. The van der Waals surface area contributed by atoms with Gasteiger partial charge in [-0.1, -0.05) is 30.3 Å². The quantitative estimate of drug-likeness (QED) is 0.498. The lowest BCUT2D eigenvalue weighted by Gasteiger charge is -1.98. The highest BCUT2D eigenvalue weighted by Gasteiger charge is 2.10. The molecule has 0 aliphatic rings. The van der Waals surface area contributed by atoms with E-state index in [1.54, 1.807) is 18.5 Å². The largest absolute Gasteiger partial charge is 0.365 e. The van der Waals surface area contributed by atoms with Crippen molar-refractivity contribution in [1.29, 1.82) is 5.26 Å². The van der Waals surface area contributed by atoms with Crippen LogP contribution in [0.4, 0.5) is 0 Å². The highest BCUT2D eigenvalue weighted by Crippen LogP contribution is 2.17. The first-order valence-corrected chi connectivity index (χ1v) is 5.98. The van der Waals surface area contributed by atoms with E-state index in [0.717, 1.165) is 5.56 Å². The Labute approximate surface area is 104 Å². The number of nitrogens with two attached hydrogens (primary N) is 1. The minimum atomic E-state index is -0.762. The number of benzene rings is 1. The van der Waals surface area contributed by atoms with E-state index in [9.17, 15) is 4.79 Å². The van der Waals surface area contributed by atoms with Crippen LogP contribution in [0.2, 0.25) is 0 Å². The van der Waals surface area contributed by atoms with Crippen molar-refractivity contribution < 1.29 is 4.79 Å². The molecular formula is C12H11N3OS. The molecule has 1 amide bonds. The van der Waals surface area contributed by atoms with Gasteiger partial charge in [0.25, 0.3) is 5.91 Å². The van der Waals surface area contributed by atoms with Crippen LogP contribution in [0, 0.1) is 11.3 Å². The van der Waals surface area contributed by atoms with E-state index < -0.39 is 5.91 Å². The number of hydrogen-bond donors (Lipinski definition) is 1. The van der Waals surface area contributed by atoms with Crippen LogP contribution in [0.15, 0.2) is 45.9 Å². The predicted octanol–water partition coefficient (Wildman–Crippen LogP) is 1.69. The predicted molar refractivity (Wildman–Crippen MR) is 69.4 cm³/mol. The number of thioether (sulfide) groups is 1. The van der Waals surface area contributed by atoms with Crippen LogP contribution in [-0.4, -0.2) is 18.4 Å². The Kier molecular flexibility index (Phi) is 4.98. The van der Waals surface area contributed by atoms with Gasteiger partial charge in [-0.3, -0.25) is 4.79 Å². The van der Waals surface area contributed by atoms with Gasteiger partial charge in [-0.2, -0.15) is 5.26 Å². The van der Waals surface area contributed by atoms with E-state index in [0.29, 0.717) is 5.03 Å². The number of nitriles is 1. The molecule has 0 unspecified atom stereocenters. The fraction of sp³-hybridized carbons (Fsp3) is 0.0833. The van der Waals surface area contributed by atoms with Crippen LogP contribution in [0.3, 0.4) is 0 Å². The van der Waals surface area contributed by atoms with Crippen molar-refractivity contribution in [2.75, 3.05) is 6.26 Å². The number of amides is 1. The first kappa shape index (κ1) is 13.0. The molecule has 0 radical (unpaired) electrons. The van der Waals surface area contributed by atoms with Gasteiger partial charge >= 0.3 is 0 Å². The smallest absolute Gasteiger partial charge is 0.262 e. The molecule has 2 N–H and O–H groups in total. The summed E-state index contributed by atoms with van der Waals surface area (Å²) in [6.45, 7) is 0. The van der Waals surface area contributed by atoms with E-state index in [1.807, 2.05) is 30.3 Å². The van der Waals surface area contributed by atoms with Crippen LogP contribution >= 0.6 is 11.8 Å². The summed E-state index contributed by atoms with van der Waals surface area (Å²) in [7, 11) is 0. The van der Waals surface area contributed by atoms with E-state index in [-0.39, 0.29) is 5.57 Å². The SMILES string of the molecule is CSC(/N=C/c1ccccc1)=C(\C#N)C(N)=O. The highest BCUT2D eigenvalue weighted by molar-refractivity contribution is 8.02. The number of hydrogen-bond acceptors (Lipinski definition) is 4. The Balaban J connectivity index is 3.03. The van der Waals surface area contributed by atoms with Crippen LogP contribution < -0.4 is 5.73 Å². The lowest BCUT2D eigenvalue weighted by Crippen LogP contribution is -2.13. The Morgan fingerprint density at radius 2 is 2.12 bits per heavy atom. The third-order valence-corrected chi connectivity index (χ3v) is 2.59. The highest BCUT2D eigenvalue weighted by atomic mass is 32.2. The summed E-state index contributed by atoms with van der Waals surface area (Å²) in [5.74, 6) is -0.762.